The highest BCUT2D eigenvalue weighted by Crippen LogP contribution is 2.25. The fourth-order valence-corrected chi connectivity index (χ4v) is 3.02. The third kappa shape index (κ3) is 5.99. The molecule has 0 aliphatic heterocycles. The summed E-state index contributed by atoms with van der Waals surface area (Å²) in [4.78, 5) is 16.4. The summed E-state index contributed by atoms with van der Waals surface area (Å²) in [5.41, 5.74) is 1.19. The molecule has 30 heavy (non-hydrogen) atoms. The maximum Gasteiger partial charge on any atom is 0.387 e. The maximum absolute atomic E-state index is 12.5. The van der Waals surface area contributed by atoms with Crippen molar-refractivity contribution >= 4 is 21.8 Å². The monoisotopic (exact) mass is 481 g/mol. The van der Waals surface area contributed by atoms with Gasteiger partial charge in [0.15, 0.2) is 0 Å². The Labute approximate surface area is 179 Å². The quantitative estimate of drug-likeness (QED) is 0.488. The predicted octanol–water partition coefficient (Wildman–Crippen LogP) is 4.36. The van der Waals surface area contributed by atoms with Gasteiger partial charge in [-0.05, 0) is 42.5 Å². The molecule has 0 saturated heterocycles. The van der Waals surface area contributed by atoms with Crippen LogP contribution < -0.4 is 14.8 Å². The van der Waals surface area contributed by atoms with E-state index in [1.807, 2.05) is 0 Å². The molecule has 0 atom stereocenters. The van der Waals surface area contributed by atoms with Crippen LogP contribution in [0.1, 0.15) is 17.9 Å². The van der Waals surface area contributed by atoms with Crippen molar-refractivity contribution < 1.29 is 27.6 Å². The Hall–Kier alpha value is -3.01. The Bertz CT molecular complexity index is 996. The molecule has 0 unspecified atom stereocenters. The van der Waals surface area contributed by atoms with E-state index in [1.54, 1.807) is 43.5 Å². The first kappa shape index (κ1) is 21.7. The Morgan fingerprint density at radius 1 is 1.23 bits per heavy atom. The minimum absolute atomic E-state index is 0.00883. The number of alkyl halides is 2. The molecule has 1 heterocycles. The highest BCUT2D eigenvalue weighted by Gasteiger charge is 2.13. The molecular formula is C20H18BrF2N3O4. The zero-order valence-electron chi connectivity index (χ0n) is 15.9. The number of methoxy groups -OCH3 is 1. The molecule has 0 bridgehead atoms. The number of aromatic nitrogens is 2. The fourth-order valence-electron chi connectivity index (χ4n) is 2.61. The second-order valence-corrected chi connectivity index (χ2v) is 7.06. The topological polar surface area (TPSA) is 86.5 Å². The van der Waals surface area contributed by atoms with E-state index in [9.17, 15) is 13.6 Å². The summed E-state index contributed by atoms with van der Waals surface area (Å²) in [6.07, 6.45) is 0.344. The lowest BCUT2D eigenvalue weighted by molar-refractivity contribution is -0.121. The van der Waals surface area contributed by atoms with Gasteiger partial charge in [0, 0.05) is 35.0 Å². The standard InChI is InChI=1S/C20H18BrF2N3O4/c1-28-15-5-2-12(3-6-15)19-25-18(30-26-19)9-8-17(27)24-11-13-10-14(21)4-7-16(13)29-20(22)23/h2-7,10,20H,8-9,11H2,1H3,(H,24,27). The van der Waals surface area contributed by atoms with Crippen molar-refractivity contribution in [3.8, 4) is 22.9 Å². The summed E-state index contributed by atoms with van der Waals surface area (Å²) in [6, 6.07) is 11.8. The number of hydrogen-bond donors (Lipinski definition) is 1. The van der Waals surface area contributed by atoms with Crippen LogP contribution >= 0.6 is 15.9 Å². The highest BCUT2D eigenvalue weighted by molar-refractivity contribution is 9.10. The molecular weight excluding hydrogens is 464 g/mol. The molecule has 0 aliphatic carbocycles. The normalized spacial score (nSPS) is 10.8. The van der Waals surface area contributed by atoms with Crippen LogP contribution in [0.25, 0.3) is 11.4 Å². The number of halogens is 3. The van der Waals surface area contributed by atoms with Crippen molar-refractivity contribution in [1.29, 1.82) is 0 Å². The largest absolute Gasteiger partial charge is 0.497 e. The number of carbonyl (C=O) groups is 1. The van der Waals surface area contributed by atoms with Crippen LogP contribution in [0.5, 0.6) is 11.5 Å². The molecule has 158 valence electrons. The van der Waals surface area contributed by atoms with E-state index in [1.165, 1.54) is 6.07 Å². The van der Waals surface area contributed by atoms with E-state index in [0.29, 0.717) is 27.5 Å². The average Bonchev–Trinajstić information content (AvgIpc) is 3.21. The van der Waals surface area contributed by atoms with Gasteiger partial charge >= 0.3 is 6.61 Å². The highest BCUT2D eigenvalue weighted by atomic mass is 79.9. The molecule has 3 aromatic rings. The second kappa shape index (κ2) is 10.1. The summed E-state index contributed by atoms with van der Waals surface area (Å²) in [7, 11) is 1.58. The van der Waals surface area contributed by atoms with Crippen LogP contribution in [0.3, 0.4) is 0 Å². The van der Waals surface area contributed by atoms with Gasteiger partial charge in [0.1, 0.15) is 11.5 Å². The van der Waals surface area contributed by atoms with Gasteiger partial charge in [0.2, 0.25) is 17.6 Å². The van der Waals surface area contributed by atoms with Crippen molar-refractivity contribution in [3.05, 3.63) is 58.4 Å². The minimum Gasteiger partial charge on any atom is -0.497 e. The molecule has 7 nitrogen and oxygen atoms in total. The summed E-state index contributed by atoms with van der Waals surface area (Å²) in [5.74, 6) is 1.17. The lowest BCUT2D eigenvalue weighted by Crippen LogP contribution is -2.23. The molecule has 0 spiro atoms. The van der Waals surface area contributed by atoms with Crippen LogP contribution in [-0.2, 0) is 17.8 Å². The van der Waals surface area contributed by atoms with E-state index in [4.69, 9.17) is 9.26 Å². The van der Waals surface area contributed by atoms with Crippen molar-refractivity contribution in [2.75, 3.05) is 7.11 Å². The Morgan fingerprint density at radius 2 is 2.00 bits per heavy atom. The minimum atomic E-state index is -2.95. The van der Waals surface area contributed by atoms with Crippen molar-refractivity contribution in [1.82, 2.24) is 15.5 Å². The molecule has 0 saturated carbocycles. The van der Waals surface area contributed by atoms with Gasteiger partial charge in [-0.3, -0.25) is 4.79 Å². The first-order valence-corrected chi connectivity index (χ1v) is 9.71. The number of carbonyl (C=O) groups excluding carboxylic acids is 1. The molecule has 0 aliphatic rings. The first-order valence-electron chi connectivity index (χ1n) is 8.91. The van der Waals surface area contributed by atoms with Crippen LogP contribution in [0.2, 0.25) is 0 Å². The summed E-state index contributed by atoms with van der Waals surface area (Å²) < 4.78 is 40.5. The third-order valence-electron chi connectivity index (χ3n) is 4.10. The van der Waals surface area contributed by atoms with Crippen LogP contribution in [0, 0.1) is 0 Å². The Balaban J connectivity index is 1.53. The average molecular weight is 482 g/mol. The zero-order chi connectivity index (χ0) is 21.5. The van der Waals surface area contributed by atoms with Gasteiger partial charge in [-0.25, -0.2) is 0 Å². The molecule has 2 aromatic carbocycles. The van der Waals surface area contributed by atoms with Crippen LogP contribution in [-0.4, -0.2) is 29.8 Å². The number of amides is 1. The predicted molar refractivity (Wildman–Crippen MR) is 107 cm³/mol. The van der Waals surface area contributed by atoms with E-state index >= 15 is 0 Å². The van der Waals surface area contributed by atoms with Crippen LogP contribution in [0.15, 0.2) is 51.5 Å². The van der Waals surface area contributed by atoms with Gasteiger partial charge in [-0.15, -0.1) is 0 Å². The number of rotatable bonds is 9. The van der Waals surface area contributed by atoms with E-state index in [-0.39, 0.29) is 31.0 Å². The van der Waals surface area contributed by atoms with Gasteiger partial charge in [-0.1, -0.05) is 21.1 Å². The van der Waals surface area contributed by atoms with Crippen molar-refractivity contribution in [3.63, 3.8) is 0 Å². The lowest BCUT2D eigenvalue weighted by atomic mass is 10.2. The van der Waals surface area contributed by atoms with Crippen LogP contribution in [0.4, 0.5) is 8.78 Å². The Kier molecular flexibility index (Phi) is 7.34. The number of hydrogen-bond acceptors (Lipinski definition) is 6. The number of ether oxygens (including phenoxy) is 2. The lowest BCUT2D eigenvalue weighted by Gasteiger charge is -2.12. The SMILES string of the molecule is COc1ccc(-c2noc(CCC(=O)NCc3cc(Br)ccc3OC(F)F)n2)cc1. The first-order chi connectivity index (χ1) is 14.4. The van der Waals surface area contributed by atoms with E-state index in [2.05, 4.69) is 36.1 Å². The molecule has 1 N–H and O–H groups in total. The third-order valence-corrected chi connectivity index (χ3v) is 4.59. The molecule has 1 amide bonds. The Morgan fingerprint density at radius 3 is 2.70 bits per heavy atom. The van der Waals surface area contributed by atoms with E-state index in [0.717, 1.165) is 5.56 Å². The molecule has 3 rings (SSSR count). The van der Waals surface area contributed by atoms with Gasteiger partial charge < -0.3 is 19.3 Å². The number of nitrogens with zero attached hydrogens (tertiary/aromatic N) is 2. The van der Waals surface area contributed by atoms with Gasteiger partial charge in [-0.2, -0.15) is 13.8 Å². The number of benzene rings is 2. The number of aryl methyl sites for hydroxylation is 1. The second-order valence-electron chi connectivity index (χ2n) is 6.15. The van der Waals surface area contributed by atoms with Gasteiger partial charge in [0.05, 0.1) is 7.11 Å². The van der Waals surface area contributed by atoms with Gasteiger partial charge in [0.25, 0.3) is 0 Å². The van der Waals surface area contributed by atoms with Crippen molar-refractivity contribution in [2.24, 2.45) is 0 Å². The summed E-state index contributed by atoms with van der Waals surface area (Å²) >= 11 is 3.27. The van der Waals surface area contributed by atoms with E-state index < -0.39 is 6.61 Å². The fraction of sp³-hybridized carbons (Fsp3) is 0.250. The molecule has 1 aromatic heterocycles. The molecule has 0 radical (unpaired) electrons. The summed E-state index contributed by atoms with van der Waals surface area (Å²) in [6.45, 7) is -2.90. The maximum atomic E-state index is 12.5. The molecule has 10 heteroatoms. The van der Waals surface area contributed by atoms with Crippen molar-refractivity contribution in [2.45, 2.75) is 26.0 Å². The number of nitrogens with one attached hydrogen (secondary N) is 1. The smallest absolute Gasteiger partial charge is 0.387 e. The molecule has 0 fully saturated rings. The zero-order valence-corrected chi connectivity index (χ0v) is 17.5. The summed E-state index contributed by atoms with van der Waals surface area (Å²) in [5, 5.41) is 6.58.